The van der Waals surface area contributed by atoms with Gasteiger partial charge in [0.2, 0.25) is 5.89 Å². The van der Waals surface area contributed by atoms with Crippen LogP contribution in [0.2, 0.25) is 0 Å². The van der Waals surface area contributed by atoms with Crippen molar-refractivity contribution in [3.8, 4) is 11.5 Å². The lowest BCUT2D eigenvalue weighted by Crippen LogP contribution is -2.27. The fourth-order valence-electron chi connectivity index (χ4n) is 3.88. The summed E-state index contributed by atoms with van der Waals surface area (Å²) in [5.41, 5.74) is 1.19. The van der Waals surface area contributed by atoms with Crippen LogP contribution in [0.5, 0.6) is 0 Å². The highest BCUT2D eigenvalue weighted by Gasteiger charge is 2.17. The van der Waals surface area contributed by atoms with Gasteiger partial charge in [-0.25, -0.2) is 14.0 Å². The fraction of sp³-hybridized carbons (Fsp3) is 0.261. The third-order valence-corrected chi connectivity index (χ3v) is 6.77. The minimum atomic E-state index is -4.15. The molecular weight excluding hydrogens is 542 g/mol. The van der Waals surface area contributed by atoms with Crippen molar-refractivity contribution in [3.05, 3.63) is 52.9 Å². The van der Waals surface area contributed by atoms with Gasteiger partial charge in [-0.15, -0.1) is 0 Å². The van der Waals surface area contributed by atoms with Crippen molar-refractivity contribution >= 4 is 60.8 Å². The van der Waals surface area contributed by atoms with Crippen LogP contribution in [0.25, 0.3) is 33.5 Å². The monoisotopic (exact) mass is 565 g/mol. The standard InChI is InChI=1S/C23H23N3O10S2/c27-21(28)3-1-8-26(9-2-10-38(32,33)34)16-6-4-14-11-17(23(29)36-19(14)13-16)22-24-18-7-5-15(25-37(30)31)12-20(18)35-22/h4-7,11-13,25H,1-3,8-10H2,(H,27,28)(H,30,31)(H,32,33,34). The Morgan fingerprint density at radius 3 is 2.53 bits per heavy atom. The number of aliphatic carboxylic acids is 1. The Morgan fingerprint density at radius 1 is 1.05 bits per heavy atom. The van der Waals surface area contributed by atoms with Crippen LogP contribution in [-0.4, -0.2) is 56.6 Å². The topological polar surface area (TPSA) is 200 Å². The number of carboxylic acid groups (broad SMARTS) is 1. The van der Waals surface area contributed by atoms with E-state index in [1.54, 1.807) is 35.2 Å². The van der Waals surface area contributed by atoms with Crippen molar-refractivity contribution in [1.82, 2.24) is 4.98 Å². The van der Waals surface area contributed by atoms with Crippen LogP contribution >= 0.6 is 0 Å². The number of nitrogens with one attached hydrogen (secondary N) is 1. The molecule has 0 aliphatic carbocycles. The summed E-state index contributed by atoms with van der Waals surface area (Å²) in [6.45, 7) is 0.520. The van der Waals surface area contributed by atoms with E-state index in [1.165, 1.54) is 12.1 Å². The molecule has 1 atom stereocenters. The molecule has 38 heavy (non-hydrogen) atoms. The number of carboxylic acids is 1. The highest BCUT2D eigenvalue weighted by atomic mass is 32.2. The van der Waals surface area contributed by atoms with Gasteiger partial charge in [0.25, 0.3) is 21.4 Å². The van der Waals surface area contributed by atoms with Gasteiger partial charge in [0.15, 0.2) is 5.58 Å². The van der Waals surface area contributed by atoms with E-state index in [-0.39, 0.29) is 42.0 Å². The molecule has 0 aliphatic heterocycles. The fourth-order valence-corrected chi connectivity index (χ4v) is 4.70. The third-order valence-electron chi connectivity index (χ3n) is 5.56. The van der Waals surface area contributed by atoms with Crippen molar-refractivity contribution in [3.63, 3.8) is 0 Å². The molecule has 0 fully saturated rings. The number of anilines is 2. The normalized spacial score (nSPS) is 12.6. The summed E-state index contributed by atoms with van der Waals surface area (Å²) in [6.07, 6.45) is 0.321. The Balaban J connectivity index is 1.63. The number of fused-ring (bicyclic) bond motifs is 2. The van der Waals surface area contributed by atoms with Crippen LogP contribution in [0.3, 0.4) is 0 Å². The Morgan fingerprint density at radius 2 is 1.82 bits per heavy atom. The molecule has 4 aromatic rings. The summed E-state index contributed by atoms with van der Waals surface area (Å²) in [7, 11) is -4.15. The third kappa shape index (κ3) is 6.95. The molecule has 2 aromatic carbocycles. The second-order valence-corrected chi connectivity index (χ2v) is 10.6. The molecule has 0 bridgehead atoms. The minimum Gasteiger partial charge on any atom is -0.481 e. The van der Waals surface area contributed by atoms with Crippen molar-refractivity contribution in [2.24, 2.45) is 0 Å². The number of hydrogen-bond donors (Lipinski definition) is 4. The quantitative estimate of drug-likeness (QED) is 0.111. The number of nitrogens with zero attached hydrogens (tertiary/aromatic N) is 2. The van der Waals surface area contributed by atoms with E-state index in [0.29, 0.717) is 35.2 Å². The van der Waals surface area contributed by atoms with E-state index >= 15 is 0 Å². The molecule has 15 heteroatoms. The van der Waals surface area contributed by atoms with Crippen LogP contribution in [0.4, 0.5) is 11.4 Å². The first-order valence-corrected chi connectivity index (χ1v) is 14.0. The molecule has 13 nitrogen and oxygen atoms in total. The van der Waals surface area contributed by atoms with Gasteiger partial charge in [0, 0.05) is 42.7 Å². The number of carbonyl (C=O) groups is 1. The zero-order chi connectivity index (χ0) is 27.4. The Bertz CT molecular complexity index is 1680. The maximum atomic E-state index is 12.8. The summed E-state index contributed by atoms with van der Waals surface area (Å²) in [4.78, 5) is 29.8. The largest absolute Gasteiger partial charge is 0.481 e. The number of hydrogen-bond acceptors (Lipinski definition) is 9. The highest BCUT2D eigenvalue weighted by Crippen LogP contribution is 2.28. The predicted molar refractivity (Wildman–Crippen MR) is 140 cm³/mol. The second-order valence-electron chi connectivity index (χ2n) is 8.35. The second kappa shape index (κ2) is 11.3. The molecule has 202 valence electrons. The maximum Gasteiger partial charge on any atom is 0.349 e. The first kappa shape index (κ1) is 27.3. The smallest absolute Gasteiger partial charge is 0.349 e. The number of benzene rings is 2. The summed E-state index contributed by atoms with van der Waals surface area (Å²) >= 11 is -2.27. The van der Waals surface area contributed by atoms with E-state index in [9.17, 15) is 22.2 Å². The van der Waals surface area contributed by atoms with E-state index in [1.807, 2.05) is 0 Å². The molecule has 0 amide bonds. The molecule has 0 aliphatic rings. The van der Waals surface area contributed by atoms with Crippen molar-refractivity contribution in [2.45, 2.75) is 19.3 Å². The summed E-state index contributed by atoms with van der Waals surface area (Å²) < 4.78 is 64.7. The van der Waals surface area contributed by atoms with Gasteiger partial charge < -0.3 is 18.8 Å². The van der Waals surface area contributed by atoms with Crippen molar-refractivity contribution < 1.29 is 40.5 Å². The molecule has 1 unspecified atom stereocenters. The summed E-state index contributed by atoms with van der Waals surface area (Å²) in [6, 6.07) is 11.1. The first-order valence-electron chi connectivity index (χ1n) is 11.3. The number of rotatable bonds is 12. The molecule has 2 heterocycles. The van der Waals surface area contributed by atoms with Gasteiger partial charge in [-0.3, -0.25) is 18.6 Å². The summed E-state index contributed by atoms with van der Waals surface area (Å²) in [5.74, 6) is -1.41. The van der Waals surface area contributed by atoms with Crippen molar-refractivity contribution in [1.29, 1.82) is 0 Å². The Labute approximate surface area is 218 Å². The molecule has 4 N–H and O–H groups in total. The highest BCUT2D eigenvalue weighted by molar-refractivity contribution is 7.85. The maximum absolute atomic E-state index is 12.8. The Kier molecular flexibility index (Phi) is 8.11. The molecule has 4 rings (SSSR count). The van der Waals surface area contributed by atoms with Crippen LogP contribution in [0.15, 0.2) is 56.1 Å². The molecule has 0 radical (unpaired) electrons. The predicted octanol–water partition coefficient (Wildman–Crippen LogP) is 3.10. The van der Waals surface area contributed by atoms with E-state index in [4.69, 9.17) is 23.0 Å². The molecule has 0 saturated heterocycles. The minimum absolute atomic E-state index is 0.00232. The van der Waals surface area contributed by atoms with Gasteiger partial charge in [-0.2, -0.15) is 8.42 Å². The van der Waals surface area contributed by atoms with Gasteiger partial charge in [-0.05, 0) is 43.2 Å². The van der Waals surface area contributed by atoms with Crippen LogP contribution in [0, 0.1) is 0 Å². The van der Waals surface area contributed by atoms with E-state index in [0.717, 1.165) is 0 Å². The zero-order valence-electron chi connectivity index (χ0n) is 19.7. The van der Waals surface area contributed by atoms with Gasteiger partial charge in [-0.1, -0.05) is 0 Å². The molecule has 2 aromatic heterocycles. The SMILES string of the molecule is O=C(O)CCCN(CCCS(=O)(=O)O)c1ccc2cc(-c3nc4ccc(NS(=O)O)cc4o3)c(=O)oc2c1. The summed E-state index contributed by atoms with van der Waals surface area (Å²) in [5, 5.41) is 9.50. The number of aromatic nitrogens is 1. The Hall–Kier alpha value is -3.79. The number of oxazole rings is 1. The van der Waals surface area contributed by atoms with Gasteiger partial charge in [0.1, 0.15) is 16.7 Å². The van der Waals surface area contributed by atoms with E-state index in [2.05, 4.69) is 9.71 Å². The molecular formula is C23H23N3O10S2. The zero-order valence-corrected chi connectivity index (χ0v) is 21.3. The van der Waals surface area contributed by atoms with Gasteiger partial charge in [0.05, 0.1) is 11.4 Å². The molecule has 0 saturated carbocycles. The average Bonchev–Trinajstić information content (AvgIpc) is 3.24. The first-order chi connectivity index (χ1) is 18.0. The lowest BCUT2D eigenvalue weighted by molar-refractivity contribution is -0.137. The van der Waals surface area contributed by atoms with Crippen LogP contribution < -0.4 is 15.2 Å². The van der Waals surface area contributed by atoms with E-state index < -0.39 is 38.7 Å². The van der Waals surface area contributed by atoms with Crippen molar-refractivity contribution in [2.75, 3.05) is 28.5 Å². The van der Waals surface area contributed by atoms with Crippen LogP contribution in [-0.2, 0) is 26.2 Å². The average molecular weight is 566 g/mol. The van der Waals surface area contributed by atoms with Crippen LogP contribution in [0.1, 0.15) is 19.3 Å². The lowest BCUT2D eigenvalue weighted by atomic mass is 10.1. The van der Waals surface area contributed by atoms with Gasteiger partial charge >= 0.3 is 11.6 Å². The lowest BCUT2D eigenvalue weighted by Gasteiger charge is -2.24. The molecule has 0 spiro atoms.